The summed E-state index contributed by atoms with van der Waals surface area (Å²) in [6, 6.07) is 8.13. The Balaban J connectivity index is 1.65. The van der Waals surface area contributed by atoms with Crippen molar-refractivity contribution in [2.75, 3.05) is 19.7 Å². The average molecular weight is 353 g/mol. The standard InChI is InChI=1S/C18H22F3N3O/c1-13(2)15-3-5-16(6-4-15)24-11-14(9-22-24)10-23-7-8-25-17(12-23)18(19,20)21/h3-6,9,11,13,17H,7-8,10,12H2,1-2H3/t17-/m1/s1. The van der Waals surface area contributed by atoms with Gasteiger partial charge in [-0.1, -0.05) is 26.0 Å². The molecular formula is C18H22F3N3O. The van der Waals surface area contributed by atoms with Crippen molar-refractivity contribution in [1.82, 2.24) is 14.7 Å². The Labute approximate surface area is 145 Å². The van der Waals surface area contributed by atoms with Crippen LogP contribution in [-0.2, 0) is 11.3 Å². The minimum atomic E-state index is -4.32. The lowest BCUT2D eigenvalue weighted by Gasteiger charge is -2.33. The van der Waals surface area contributed by atoms with Crippen molar-refractivity contribution < 1.29 is 17.9 Å². The Hall–Kier alpha value is -1.86. The van der Waals surface area contributed by atoms with Gasteiger partial charge in [-0.15, -0.1) is 0 Å². The fourth-order valence-corrected chi connectivity index (χ4v) is 2.90. The van der Waals surface area contributed by atoms with Crippen LogP contribution in [0.5, 0.6) is 0 Å². The van der Waals surface area contributed by atoms with E-state index in [0.29, 0.717) is 19.0 Å². The number of alkyl halides is 3. The summed E-state index contributed by atoms with van der Waals surface area (Å²) in [6.07, 6.45) is -2.46. The third-order valence-electron chi connectivity index (χ3n) is 4.38. The topological polar surface area (TPSA) is 30.3 Å². The minimum absolute atomic E-state index is 0.0922. The molecule has 1 atom stereocenters. The maximum Gasteiger partial charge on any atom is 0.415 e. The molecule has 1 saturated heterocycles. The van der Waals surface area contributed by atoms with Crippen LogP contribution in [0.25, 0.3) is 5.69 Å². The van der Waals surface area contributed by atoms with Gasteiger partial charge < -0.3 is 4.74 Å². The molecule has 0 saturated carbocycles. The first-order valence-electron chi connectivity index (χ1n) is 8.37. The highest BCUT2D eigenvalue weighted by Crippen LogP contribution is 2.26. The summed E-state index contributed by atoms with van der Waals surface area (Å²) in [6.45, 7) is 5.14. The van der Waals surface area contributed by atoms with E-state index in [9.17, 15) is 13.2 Å². The van der Waals surface area contributed by atoms with E-state index in [0.717, 1.165) is 11.3 Å². The lowest BCUT2D eigenvalue weighted by atomic mass is 10.0. The lowest BCUT2D eigenvalue weighted by molar-refractivity contribution is -0.237. The molecule has 3 rings (SSSR count). The van der Waals surface area contributed by atoms with Crippen molar-refractivity contribution in [2.45, 2.75) is 38.6 Å². The molecule has 25 heavy (non-hydrogen) atoms. The van der Waals surface area contributed by atoms with Gasteiger partial charge >= 0.3 is 6.18 Å². The van der Waals surface area contributed by atoms with Crippen molar-refractivity contribution in [3.05, 3.63) is 47.8 Å². The van der Waals surface area contributed by atoms with Crippen LogP contribution in [0.15, 0.2) is 36.7 Å². The summed E-state index contributed by atoms with van der Waals surface area (Å²) >= 11 is 0. The molecule has 0 bridgehead atoms. The van der Waals surface area contributed by atoms with Crippen LogP contribution in [0.4, 0.5) is 13.2 Å². The van der Waals surface area contributed by atoms with Crippen LogP contribution in [0, 0.1) is 0 Å². The molecule has 1 aromatic carbocycles. The quantitative estimate of drug-likeness (QED) is 0.838. The number of nitrogens with zero attached hydrogens (tertiary/aromatic N) is 3. The van der Waals surface area contributed by atoms with Gasteiger partial charge in [0.2, 0.25) is 0 Å². The van der Waals surface area contributed by atoms with E-state index in [2.05, 4.69) is 31.1 Å². The molecule has 0 radical (unpaired) electrons. The summed E-state index contributed by atoms with van der Waals surface area (Å²) in [7, 11) is 0. The van der Waals surface area contributed by atoms with Crippen molar-refractivity contribution in [3.8, 4) is 5.69 Å². The maximum absolute atomic E-state index is 12.8. The van der Waals surface area contributed by atoms with Gasteiger partial charge in [-0.3, -0.25) is 4.90 Å². The van der Waals surface area contributed by atoms with Crippen LogP contribution in [0.2, 0.25) is 0 Å². The van der Waals surface area contributed by atoms with Crippen molar-refractivity contribution in [3.63, 3.8) is 0 Å². The number of hydrogen-bond acceptors (Lipinski definition) is 3. The van der Waals surface area contributed by atoms with Gasteiger partial charge in [-0.25, -0.2) is 4.68 Å². The van der Waals surface area contributed by atoms with Gasteiger partial charge in [0.05, 0.1) is 18.5 Å². The second-order valence-corrected chi connectivity index (χ2v) is 6.68. The van der Waals surface area contributed by atoms with E-state index >= 15 is 0 Å². The second-order valence-electron chi connectivity index (χ2n) is 6.68. The van der Waals surface area contributed by atoms with Crippen LogP contribution >= 0.6 is 0 Å². The molecule has 136 valence electrons. The fourth-order valence-electron chi connectivity index (χ4n) is 2.90. The second kappa shape index (κ2) is 7.17. The number of morpholine rings is 1. The highest BCUT2D eigenvalue weighted by atomic mass is 19.4. The van der Waals surface area contributed by atoms with Gasteiger partial charge in [-0.05, 0) is 23.6 Å². The van der Waals surface area contributed by atoms with E-state index in [1.807, 2.05) is 18.3 Å². The molecule has 1 fully saturated rings. The normalized spacial score (nSPS) is 19.5. The molecular weight excluding hydrogens is 331 g/mol. The summed E-state index contributed by atoms with van der Waals surface area (Å²) in [4.78, 5) is 1.75. The van der Waals surface area contributed by atoms with Crippen LogP contribution in [0.1, 0.15) is 30.9 Å². The van der Waals surface area contributed by atoms with Crippen LogP contribution in [0.3, 0.4) is 0 Å². The predicted octanol–water partition coefficient (Wildman–Crippen LogP) is 3.76. The molecule has 4 nitrogen and oxygen atoms in total. The SMILES string of the molecule is CC(C)c1ccc(-n2cc(CN3CCO[C@@H](C(F)(F)F)C3)cn2)cc1. The third-order valence-corrected chi connectivity index (χ3v) is 4.38. The van der Waals surface area contributed by atoms with Gasteiger partial charge in [0.1, 0.15) is 0 Å². The lowest BCUT2D eigenvalue weighted by Crippen LogP contribution is -2.48. The van der Waals surface area contributed by atoms with Gasteiger partial charge in [0.15, 0.2) is 6.10 Å². The molecule has 2 heterocycles. The predicted molar refractivity (Wildman–Crippen MR) is 88.7 cm³/mol. The van der Waals surface area contributed by atoms with Gasteiger partial charge in [0, 0.05) is 31.4 Å². The molecule has 1 aliphatic heterocycles. The third kappa shape index (κ3) is 4.41. The Morgan fingerprint density at radius 2 is 1.96 bits per heavy atom. The summed E-state index contributed by atoms with van der Waals surface area (Å²) in [5.41, 5.74) is 3.07. The molecule has 7 heteroatoms. The first kappa shape index (κ1) is 17.9. The zero-order valence-electron chi connectivity index (χ0n) is 14.3. The summed E-state index contributed by atoms with van der Waals surface area (Å²) in [5.74, 6) is 0.463. The zero-order valence-corrected chi connectivity index (χ0v) is 14.3. The molecule has 1 aromatic heterocycles. The van der Waals surface area contributed by atoms with Crippen LogP contribution in [-0.4, -0.2) is 46.7 Å². The van der Waals surface area contributed by atoms with Crippen molar-refractivity contribution in [1.29, 1.82) is 0 Å². The highest BCUT2D eigenvalue weighted by Gasteiger charge is 2.43. The smallest absolute Gasteiger partial charge is 0.366 e. The molecule has 0 N–H and O–H groups in total. The number of hydrogen-bond donors (Lipinski definition) is 0. The molecule has 0 aliphatic carbocycles. The summed E-state index contributed by atoms with van der Waals surface area (Å²) < 4.78 is 45.0. The maximum atomic E-state index is 12.8. The first-order chi connectivity index (χ1) is 11.8. The van der Waals surface area contributed by atoms with Gasteiger partial charge in [0.25, 0.3) is 0 Å². The van der Waals surface area contributed by atoms with Gasteiger partial charge in [-0.2, -0.15) is 18.3 Å². The monoisotopic (exact) mass is 353 g/mol. The van der Waals surface area contributed by atoms with E-state index in [1.165, 1.54) is 5.56 Å². The van der Waals surface area contributed by atoms with E-state index < -0.39 is 12.3 Å². The number of ether oxygens (including phenoxy) is 1. The minimum Gasteiger partial charge on any atom is -0.366 e. The van der Waals surface area contributed by atoms with E-state index in [-0.39, 0.29) is 13.2 Å². The highest BCUT2D eigenvalue weighted by molar-refractivity contribution is 5.35. The van der Waals surface area contributed by atoms with Crippen LogP contribution < -0.4 is 0 Å². The Morgan fingerprint density at radius 3 is 2.60 bits per heavy atom. The largest absolute Gasteiger partial charge is 0.415 e. The fraction of sp³-hybridized carbons (Fsp3) is 0.500. The number of halogens is 3. The Kier molecular flexibility index (Phi) is 5.15. The molecule has 0 amide bonds. The van der Waals surface area contributed by atoms with E-state index in [4.69, 9.17) is 4.74 Å². The summed E-state index contributed by atoms with van der Waals surface area (Å²) in [5, 5.41) is 4.33. The molecule has 0 spiro atoms. The first-order valence-corrected chi connectivity index (χ1v) is 8.37. The van der Waals surface area contributed by atoms with Crippen molar-refractivity contribution in [2.24, 2.45) is 0 Å². The molecule has 2 aromatic rings. The molecule has 1 aliphatic rings. The number of aromatic nitrogens is 2. The Bertz CT molecular complexity index is 694. The Morgan fingerprint density at radius 1 is 1.24 bits per heavy atom. The molecule has 0 unspecified atom stereocenters. The number of benzene rings is 1. The van der Waals surface area contributed by atoms with E-state index in [1.54, 1.807) is 15.8 Å². The zero-order chi connectivity index (χ0) is 18.0. The number of rotatable bonds is 4. The average Bonchev–Trinajstić information content (AvgIpc) is 3.03. The van der Waals surface area contributed by atoms with Crippen molar-refractivity contribution >= 4 is 0 Å².